The molecule has 0 aliphatic rings. The van der Waals surface area contributed by atoms with Crippen molar-refractivity contribution in [2.75, 3.05) is 15.9 Å². The number of nitrogens with one attached hydrogen (secondary N) is 1. The largest absolute Gasteiger partial charge is 0.321 e. The lowest BCUT2D eigenvalue weighted by molar-refractivity contribution is 0.102. The van der Waals surface area contributed by atoms with E-state index in [1.54, 1.807) is 24.3 Å². The molecule has 5 nitrogen and oxygen atoms in total. The summed E-state index contributed by atoms with van der Waals surface area (Å²) in [4.78, 5) is 13.1. The van der Waals surface area contributed by atoms with Gasteiger partial charge in [0.05, 0.1) is 24.1 Å². The van der Waals surface area contributed by atoms with Gasteiger partial charge in [0.25, 0.3) is 5.91 Å². The van der Waals surface area contributed by atoms with Crippen molar-refractivity contribution in [3.63, 3.8) is 0 Å². The summed E-state index contributed by atoms with van der Waals surface area (Å²) in [6.45, 7) is 3.99. The smallest absolute Gasteiger partial charge is 0.257 e. The van der Waals surface area contributed by atoms with Gasteiger partial charge in [-0.1, -0.05) is 60.7 Å². The fraction of sp³-hybridized carbons (Fsp3) is 0.174. The molecule has 3 aromatic rings. The maximum absolute atomic E-state index is 13.1. The van der Waals surface area contributed by atoms with E-state index in [0.29, 0.717) is 11.3 Å². The molecule has 0 aliphatic heterocycles. The summed E-state index contributed by atoms with van der Waals surface area (Å²) in [7, 11) is -3.61. The number of carbonyl (C=O) groups excluding carboxylic acids is 1. The van der Waals surface area contributed by atoms with Crippen LogP contribution in [0.2, 0.25) is 0 Å². The topological polar surface area (TPSA) is 66.5 Å². The minimum Gasteiger partial charge on any atom is -0.321 e. The Bertz CT molecular complexity index is 1110. The Morgan fingerprint density at radius 1 is 0.862 bits per heavy atom. The third-order valence-electron chi connectivity index (χ3n) is 4.71. The molecule has 0 radical (unpaired) electrons. The molecule has 0 saturated heterocycles. The fourth-order valence-electron chi connectivity index (χ4n) is 3.21. The molecule has 1 amide bonds. The zero-order chi connectivity index (χ0) is 21.0. The minimum atomic E-state index is -3.61. The average molecular weight is 409 g/mol. The first-order chi connectivity index (χ1) is 13.8. The summed E-state index contributed by atoms with van der Waals surface area (Å²) in [5, 5.41) is 2.94. The van der Waals surface area contributed by atoms with E-state index in [0.717, 1.165) is 28.6 Å². The van der Waals surface area contributed by atoms with Crippen LogP contribution in [0.25, 0.3) is 0 Å². The van der Waals surface area contributed by atoms with Crippen LogP contribution in [-0.2, 0) is 16.6 Å². The van der Waals surface area contributed by atoms with Crippen LogP contribution in [0.1, 0.15) is 27.0 Å². The van der Waals surface area contributed by atoms with Gasteiger partial charge in [-0.3, -0.25) is 9.10 Å². The van der Waals surface area contributed by atoms with E-state index in [9.17, 15) is 13.2 Å². The van der Waals surface area contributed by atoms with Gasteiger partial charge in [-0.25, -0.2) is 8.42 Å². The quantitative estimate of drug-likeness (QED) is 0.652. The molecule has 6 heteroatoms. The molecule has 0 atom stereocenters. The van der Waals surface area contributed by atoms with E-state index in [2.05, 4.69) is 5.32 Å². The maximum atomic E-state index is 13.1. The number of rotatable bonds is 6. The first-order valence-corrected chi connectivity index (χ1v) is 11.1. The molecular formula is C23H24N2O3S. The van der Waals surface area contributed by atoms with Crippen molar-refractivity contribution in [2.24, 2.45) is 0 Å². The van der Waals surface area contributed by atoms with Crippen LogP contribution in [0, 0.1) is 13.8 Å². The van der Waals surface area contributed by atoms with Crippen LogP contribution in [0.4, 0.5) is 11.4 Å². The van der Waals surface area contributed by atoms with Gasteiger partial charge in [0, 0.05) is 5.69 Å². The molecule has 3 aromatic carbocycles. The van der Waals surface area contributed by atoms with Gasteiger partial charge in [0.15, 0.2) is 0 Å². The van der Waals surface area contributed by atoms with Crippen LogP contribution in [-0.4, -0.2) is 20.6 Å². The molecule has 0 bridgehead atoms. The van der Waals surface area contributed by atoms with Gasteiger partial charge in [-0.2, -0.15) is 0 Å². The van der Waals surface area contributed by atoms with Crippen molar-refractivity contribution in [1.82, 2.24) is 0 Å². The molecule has 0 saturated carbocycles. The predicted octanol–water partition coefficient (Wildman–Crippen LogP) is 4.52. The van der Waals surface area contributed by atoms with Crippen LogP contribution >= 0.6 is 0 Å². The normalized spacial score (nSPS) is 11.1. The lowest BCUT2D eigenvalue weighted by Crippen LogP contribution is -2.31. The lowest BCUT2D eigenvalue weighted by Gasteiger charge is -2.25. The van der Waals surface area contributed by atoms with Gasteiger partial charge in [-0.05, 0) is 42.7 Å². The van der Waals surface area contributed by atoms with Gasteiger partial charge in [0.2, 0.25) is 10.0 Å². The Morgan fingerprint density at radius 2 is 1.45 bits per heavy atom. The van der Waals surface area contributed by atoms with Crippen molar-refractivity contribution in [2.45, 2.75) is 20.4 Å². The number of amides is 1. The predicted molar refractivity (Wildman–Crippen MR) is 118 cm³/mol. The standard InChI is InChI=1S/C23H24N2O3S/c1-17-10-9-11-18(2)22(17)24-23(26)20-14-7-8-15-21(20)25(29(3,27)28)16-19-12-5-4-6-13-19/h4-15H,16H2,1-3H3,(H,24,26). The second-order valence-electron chi connectivity index (χ2n) is 6.99. The number of hydrogen-bond acceptors (Lipinski definition) is 3. The number of carbonyl (C=O) groups is 1. The number of sulfonamides is 1. The van der Waals surface area contributed by atoms with E-state index < -0.39 is 10.0 Å². The number of para-hydroxylation sites is 2. The Labute approximate surface area is 172 Å². The number of hydrogen-bond donors (Lipinski definition) is 1. The summed E-state index contributed by atoms with van der Waals surface area (Å²) < 4.78 is 26.4. The Hall–Kier alpha value is -3.12. The van der Waals surface area contributed by atoms with E-state index in [1.165, 1.54) is 4.31 Å². The fourth-order valence-corrected chi connectivity index (χ4v) is 4.11. The molecule has 0 aliphatic carbocycles. The van der Waals surface area contributed by atoms with E-state index >= 15 is 0 Å². The molecule has 29 heavy (non-hydrogen) atoms. The van der Waals surface area contributed by atoms with Gasteiger partial charge in [0.1, 0.15) is 0 Å². The second-order valence-corrected chi connectivity index (χ2v) is 8.90. The summed E-state index contributed by atoms with van der Waals surface area (Å²) >= 11 is 0. The highest BCUT2D eigenvalue weighted by Gasteiger charge is 2.23. The highest BCUT2D eigenvalue weighted by Crippen LogP contribution is 2.27. The highest BCUT2D eigenvalue weighted by atomic mass is 32.2. The van der Waals surface area contributed by atoms with E-state index in [4.69, 9.17) is 0 Å². The number of benzene rings is 3. The average Bonchev–Trinajstić information content (AvgIpc) is 2.69. The van der Waals surface area contributed by atoms with Crippen molar-refractivity contribution in [3.8, 4) is 0 Å². The monoisotopic (exact) mass is 408 g/mol. The molecule has 0 aromatic heterocycles. The third kappa shape index (κ3) is 4.84. The van der Waals surface area contributed by atoms with E-state index in [-0.39, 0.29) is 12.5 Å². The molecule has 0 fully saturated rings. The van der Waals surface area contributed by atoms with Crippen LogP contribution in [0.5, 0.6) is 0 Å². The van der Waals surface area contributed by atoms with Crippen molar-refractivity contribution in [3.05, 3.63) is 95.1 Å². The molecule has 0 heterocycles. The summed E-state index contributed by atoms with van der Waals surface area (Å²) in [6.07, 6.45) is 1.15. The Kier molecular flexibility index (Phi) is 6.03. The Balaban J connectivity index is 2.01. The Morgan fingerprint density at radius 3 is 2.07 bits per heavy atom. The lowest BCUT2D eigenvalue weighted by atomic mass is 10.1. The third-order valence-corrected chi connectivity index (χ3v) is 5.83. The highest BCUT2D eigenvalue weighted by molar-refractivity contribution is 7.92. The number of aryl methyl sites for hydroxylation is 2. The summed E-state index contributed by atoms with van der Waals surface area (Å²) in [5.41, 5.74) is 4.11. The first kappa shape index (κ1) is 20.6. The maximum Gasteiger partial charge on any atom is 0.257 e. The number of anilines is 2. The van der Waals surface area contributed by atoms with Crippen molar-refractivity contribution < 1.29 is 13.2 Å². The number of nitrogens with zero attached hydrogens (tertiary/aromatic N) is 1. The van der Waals surface area contributed by atoms with Crippen LogP contribution < -0.4 is 9.62 Å². The summed E-state index contributed by atoms with van der Waals surface area (Å²) in [6, 6.07) is 21.8. The SMILES string of the molecule is Cc1cccc(C)c1NC(=O)c1ccccc1N(Cc1ccccc1)S(C)(=O)=O. The van der Waals surface area contributed by atoms with Crippen LogP contribution in [0.3, 0.4) is 0 Å². The van der Waals surface area contributed by atoms with Crippen LogP contribution in [0.15, 0.2) is 72.8 Å². The van der Waals surface area contributed by atoms with Gasteiger partial charge in [-0.15, -0.1) is 0 Å². The zero-order valence-electron chi connectivity index (χ0n) is 16.7. The first-order valence-electron chi connectivity index (χ1n) is 9.25. The second kappa shape index (κ2) is 8.49. The van der Waals surface area contributed by atoms with Crippen molar-refractivity contribution >= 4 is 27.3 Å². The van der Waals surface area contributed by atoms with E-state index in [1.807, 2.05) is 62.4 Å². The molecule has 150 valence electrons. The van der Waals surface area contributed by atoms with Crippen molar-refractivity contribution in [1.29, 1.82) is 0 Å². The summed E-state index contributed by atoms with van der Waals surface area (Å²) in [5.74, 6) is -0.347. The molecular weight excluding hydrogens is 384 g/mol. The minimum absolute atomic E-state index is 0.146. The van der Waals surface area contributed by atoms with Gasteiger partial charge >= 0.3 is 0 Å². The zero-order valence-corrected chi connectivity index (χ0v) is 17.5. The molecule has 0 unspecified atom stereocenters. The van der Waals surface area contributed by atoms with Gasteiger partial charge < -0.3 is 5.32 Å². The molecule has 3 rings (SSSR count). The molecule has 0 spiro atoms. The molecule has 1 N–H and O–H groups in total.